The molecule has 6 heteroatoms. The van der Waals surface area contributed by atoms with Gasteiger partial charge in [-0.1, -0.05) is 30.3 Å². The van der Waals surface area contributed by atoms with Gasteiger partial charge in [-0.05, 0) is 35.4 Å². The molecule has 3 rings (SSSR count). The highest BCUT2D eigenvalue weighted by atomic mass is 16.4. The summed E-state index contributed by atoms with van der Waals surface area (Å²) in [5, 5.41) is 8.92. The van der Waals surface area contributed by atoms with Crippen LogP contribution in [0.3, 0.4) is 0 Å². The van der Waals surface area contributed by atoms with Crippen molar-refractivity contribution in [3.05, 3.63) is 65.2 Å². The Morgan fingerprint density at radius 2 is 1.63 bits per heavy atom. The predicted molar refractivity (Wildman–Crippen MR) is 103 cm³/mol. The molecule has 0 bridgehead atoms. The summed E-state index contributed by atoms with van der Waals surface area (Å²) in [6.07, 6.45) is 1.45. The van der Waals surface area contributed by atoms with Gasteiger partial charge in [0.1, 0.15) is 0 Å². The number of hydrogen-bond acceptors (Lipinski definition) is 4. The van der Waals surface area contributed by atoms with Gasteiger partial charge in [-0.25, -0.2) is 0 Å². The number of anilines is 1. The number of benzene rings is 2. The Morgan fingerprint density at radius 1 is 1.00 bits per heavy atom. The quantitative estimate of drug-likeness (QED) is 0.652. The van der Waals surface area contributed by atoms with Crippen LogP contribution in [0.5, 0.6) is 0 Å². The van der Waals surface area contributed by atoms with Crippen LogP contribution in [0.2, 0.25) is 0 Å². The molecule has 0 saturated carbocycles. The normalized spacial score (nSPS) is 15.0. The molecule has 27 heavy (non-hydrogen) atoms. The van der Waals surface area contributed by atoms with E-state index in [2.05, 4.69) is 0 Å². The summed E-state index contributed by atoms with van der Waals surface area (Å²) < 4.78 is 0. The fourth-order valence-corrected chi connectivity index (χ4v) is 2.99. The van der Waals surface area contributed by atoms with E-state index in [0.29, 0.717) is 16.7 Å². The van der Waals surface area contributed by atoms with Crippen LogP contribution in [0.4, 0.5) is 5.69 Å². The molecule has 1 heterocycles. The number of rotatable bonds is 5. The van der Waals surface area contributed by atoms with Gasteiger partial charge in [0, 0.05) is 37.5 Å². The molecule has 0 radical (unpaired) electrons. The highest BCUT2D eigenvalue weighted by Gasteiger charge is 2.34. The second kappa shape index (κ2) is 7.45. The molecule has 138 valence electrons. The summed E-state index contributed by atoms with van der Waals surface area (Å²) in [6.45, 7) is -0.155. The van der Waals surface area contributed by atoms with E-state index in [1.165, 1.54) is 0 Å². The summed E-state index contributed by atoms with van der Waals surface area (Å²) in [5.74, 6) is -1.99. The second-order valence-electron chi connectivity index (χ2n) is 6.50. The van der Waals surface area contributed by atoms with Crippen molar-refractivity contribution < 1.29 is 19.5 Å². The topological polar surface area (TPSA) is 77.9 Å². The number of carboxylic acid groups (broad SMARTS) is 1. The van der Waals surface area contributed by atoms with E-state index in [9.17, 15) is 14.4 Å². The molecule has 6 nitrogen and oxygen atoms in total. The van der Waals surface area contributed by atoms with E-state index in [4.69, 9.17) is 5.11 Å². The maximum atomic E-state index is 12.9. The first-order valence-electron chi connectivity index (χ1n) is 8.55. The predicted octanol–water partition coefficient (Wildman–Crippen LogP) is 2.75. The van der Waals surface area contributed by atoms with Crippen LogP contribution in [0.15, 0.2) is 48.5 Å². The summed E-state index contributed by atoms with van der Waals surface area (Å²) in [7, 11) is 3.89. The molecule has 0 aromatic heterocycles. The van der Waals surface area contributed by atoms with E-state index >= 15 is 0 Å². The van der Waals surface area contributed by atoms with E-state index in [1.807, 2.05) is 43.3 Å². The number of nitrogens with zero attached hydrogens (tertiary/aromatic N) is 2. The van der Waals surface area contributed by atoms with Gasteiger partial charge in [-0.2, -0.15) is 0 Å². The third-order valence-electron chi connectivity index (χ3n) is 4.44. The number of hydrogen-bond donors (Lipinski definition) is 1. The Balaban J connectivity index is 2.04. The number of carboxylic acids is 1. The Labute approximate surface area is 157 Å². The maximum Gasteiger partial charge on any atom is 0.305 e. The van der Waals surface area contributed by atoms with Crippen LogP contribution in [0, 0.1) is 0 Å². The average molecular weight is 364 g/mol. The zero-order chi connectivity index (χ0) is 19.6. The van der Waals surface area contributed by atoms with Crippen molar-refractivity contribution in [1.82, 2.24) is 4.90 Å². The average Bonchev–Trinajstić information content (AvgIpc) is 2.65. The van der Waals surface area contributed by atoms with Crippen molar-refractivity contribution >= 4 is 35.1 Å². The molecule has 2 aromatic rings. The van der Waals surface area contributed by atoms with Gasteiger partial charge in [-0.3, -0.25) is 19.3 Å². The van der Waals surface area contributed by atoms with E-state index < -0.39 is 17.8 Å². The molecule has 0 atom stereocenters. The lowest BCUT2D eigenvalue weighted by molar-refractivity contribution is -0.137. The standard InChI is InChI=1S/C21H20N2O4/c1-22(2)15-9-7-14(8-10-15)13-18-16-5-3-4-6-17(16)20(26)23(21(18)27)12-11-19(24)25/h3-10,13H,11-12H2,1-2H3,(H,24,25)/b18-13-. The SMILES string of the molecule is CN(C)c1ccc(/C=C2\C(=O)N(CCC(=O)O)C(=O)c3ccccc32)cc1. The van der Waals surface area contributed by atoms with Crippen LogP contribution in [-0.4, -0.2) is 48.4 Å². The lowest BCUT2D eigenvalue weighted by Crippen LogP contribution is -2.42. The number of amides is 2. The van der Waals surface area contributed by atoms with Crippen LogP contribution in [0.1, 0.15) is 27.9 Å². The zero-order valence-electron chi connectivity index (χ0n) is 15.2. The Hall–Kier alpha value is -3.41. The van der Waals surface area contributed by atoms with E-state index in [1.54, 1.807) is 30.3 Å². The molecule has 1 aliphatic heterocycles. The molecule has 0 unspecified atom stereocenters. The lowest BCUT2D eigenvalue weighted by Gasteiger charge is -2.28. The summed E-state index contributed by atoms with van der Waals surface area (Å²) >= 11 is 0. The highest BCUT2D eigenvalue weighted by molar-refractivity contribution is 6.33. The van der Waals surface area contributed by atoms with E-state index in [0.717, 1.165) is 16.2 Å². The molecular formula is C21H20N2O4. The van der Waals surface area contributed by atoms with Crippen molar-refractivity contribution in [3.63, 3.8) is 0 Å². The van der Waals surface area contributed by atoms with Crippen molar-refractivity contribution in [2.45, 2.75) is 6.42 Å². The minimum atomic E-state index is -1.06. The van der Waals surface area contributed by atoms with Crippen molar-refractivity contribution in [2.75, 3.05) is 25.5 Å². The summed E-state index contributed by atoms with van der Waals surface area (Å²) in [4.78, 5) is 39.4. The Morgan fingerprint density at radius 3 is 2.22 bits per heavy atom. The van der Waals surface area contributed by atoms with E-state index in [-0.39, 0.29) is 13.0 Å². The monoisotopic (exact) mass is 364 g/mol. The fraction of sp³-hybridized carbons (Fsp3) is 0.190. The lowest BCUT2D eigenvalue weighted by atomic mass is 9.92. The molecule has 2 aromatic carbocycles. The van der Waals surface area contributed by atoms with Crippen molar-refractivity contribution in [1.29, 1.82) is 0 Å². The number of aliphatic carboxylic acids is 1. The first-order valence-corrected chi connectivity index (χ1v) is 8.55. The molecule has 0 saturated heterocycles. The number of carbonyl (C=O) groups excluding carboxylic acids is 2. The third-order valence-corrected chi connectivity index (χ3v) is 4.44. The van der Waals surface area contributed by atoms with Gasteiger partial charge >= 0.3 is 5.97 Å². The van der Waals surface area contributed by atoms with Gasteiger partial charge in [0.15, 0.2) is 0 Å². The summed E-state index contributed by atoms with van der Waals surface area (Å²) in [5.41, 5.74) is 3.21. The molecule has 0 fully saturated rings. The van der Waals surface area contributed by atoms with Gasteiger partial charge in [0.2, 0.25) is 0 Å². The minimum absolute atomic E-state index is 0.155. The first kappa shape index (κ1) is 18.4. The fourth-order valence-electron chi connectivity index (χ4n) is 2.99. The number of imide groups is 1. The smallest absolute Gasteiger partial charge is 0.305 e. The number of fused-ring (bicyclic) bond motifs is 1. The number of carbonyl (C=O) groups is 3. The van der Waals surface area contributed by atoms with Crippen molar-refractivity contribution in [3.8, 4) is 0 Å². The molecule has 1 N–H and O–H groups in total. The maximum absolute atomic E-state index is 12.9. The van der Waals surface area contributed by atoms with Gasteiger partial charge in [0.25, 0.3) is 11.8 Å². The van der Waals surface area contributed by atoms with Gasteiger partial charge in [0.05, 0.1) is 6.42 Å². The van der Waals surface area contributed by atoms with Crippen LogP contribution in [-0.2, 0) is 9.59 Å². The molecule has 2 amide bonds. The van der Waals surface area contributed by atoms with Gasteiger partial charge in [-0.15, -0.1) is 0 Å². The minimum Gasteiger partial charge on any atom is -0.481 e. The molecule has 0 aliphatic carbocycles. The largest absolute Gasteiger partial charge is 0.481 e. The highest BCUT2D eigenvalue weighted by Crippen LogP contribution is 2.30. The molecule has 0 spiro atoms. The Bertz CT molecular complexity index is 929. The first-order chi connectivity index (χ1) is 12.9. The molecule has 1 aliphatic rings. The second-order valence-corrected chi connectivity index (χ2v) is 6.50. The van der Waals surface area contributed by atoms with Crippen LogP contribution in [0.25, 0.3) is 11.6 Å². The summed E-state index contributed by atoms with van der Waals surface area (Å²) in [6, 6.07) is 14.6. The zero-order valence-corrected chi connectivity index (χ0v) is 15.2. The van der Waals surface area contributed by atoms with Crippen LogP contribution >= 0.6 is 0 Å². The van der Waals surface area contributed by atoms with Gasteiger partial charge < -0.3 is 10.0 Å². The third kappa shape index (κ3) is 3.74. The molecular weight excluding hydrogens is 344 g/mol. The Kier molecular flexibility index (Phi) is 5.07. The van der Waals surface area contributed by atoms with Crippen molar-refractivity contribution in [2.24, 2.45) is 0 Å². The van der Waals surface area contributed by atoms with Crippen LogP contribution < -0.4 is 4.90 Å².